The molecule has 0 aromatic rings. The van der Waals surface area contributed by atoms with Gasteiger partial charge in [-0.1, -0.05) is 12.8 Å². The smallest absolute Gasteiger partial charge is 0.324 e. The van der Waals surface area contributed by atoms with E-state index >= 15 is 0 Å². The molecule has 1 unspecified atom stereocenters. The maximum atomic E-state index is 12.2. The molecule has 0 spiro atoms. The summed E-state index contributed by atoms with van der Waals surface area (Å²) in [5.74, 6) is -0.338. The molecule has 1 aliphatic rings. The van der Waals surface area contributed by atoms with Crippen molar-refractivity contribution in [3.05, 3.63) is 0 Å². The molecule has 4 heteroatoms. The molecular formula is C11H20O3S. The predicted molar refractivity (Wildman–Crippen MR) is 61.1 cm³/mol. The molecule has 1 atom stereocenters. The van der Waals surface area contributed by atoms with E-state index in [-0.39, 0.29) is 11.2 Å². The first-order chi connectivity index (χ1) is 7.00. The fourth-order valence-corrected chi connectivity index (χ4v) is 3.72. The highest BCUT2D eigenvalue weighted by Gasteiger charge is 2.40. The van der Waals surface area contributed by atoms with Crippen LogP contribution in [-0.4, -0.2) is 26.8 Å². The van der Waals surface area contributed by atoms with E-state index in [2.05, 4.69) is 0 Å². The van der Waals surface area contributed by atoms with Gasteiger partial charge in [0.15, 0.2) is 0 Å². The molecule has 0 aliphatic heterocycles. The number of hydrogen-bond acceptors (Lipinski definition) is 3. The second-order valence-electron chi connectivity index (χ2n) is 4.43. The Balaban J connectivity index is 2.66. The molecule has 0 radical (unpaired) electrons. The summed E-state index contributed by atoms with van der Waals surface area (Å²) in [5.41, 5.74) is 0. The third-order valence-electron chi connectivity index (χ3n) is 2.87. The van der Waals surface area contributed by atoms with Crippen molar-refractivity contribution in [3.63, 3.8) is 0 Å². The quantitative estimate of drug-likeness (QED) is 0.696. The Hall–Kier alpha value is -0.380. The zero-order valence-electron chi connectivity index (χ0n) is 9.75. The van der Waals surface area contributed by atoms with Crippen LogP contribution in [-0.2, 0) is 20.3 Å². The van der Waals surface area contributed by atoms with Crippen LogP contribution in [0.2, 0.25) is 0 Å². The van der Waals surface area contributed by atoms with Crippen molar-refractivity contribution in [1.82, 2.24) is 0 Å². The molecular weight excluding hydrogens is 212 g/mol. The van der Waals surface area contributed by atoms with Crippen LogP contribution in [0.5, 0.6) is 0 Å². The minimum Gasteiger partial charge on any atom is -0.465 e. The summed E-state index contributed by atoms with van der Waals surface area (Å²) in [5, 5.41) is 0.185. The molecule has 0 aromatic heterocycles. The summed E-state index contributed by atoms with van der Waals surface area (Å²) >= 11 is 0. The minimum atomic E-state index is -1.11. The normalized spacial score (nSPS) is 20.2. The monoisotopic (exact) mass is 232 g/mol. The Bertz CT molecular complexity index is 255. The summed E-state index contributed by atoms with van der Waals surface area (Å²) in [6.45, 7) is 5.56. The van der Waals surface area contributed by atoms with Gasteiger partial charge in [-0.05, 0) is 33.6 Å². The lowest BCUT2D eigenvalue weighted by Crippen LogP contribution is -2.42. The first-order valence-electron chi connectivity index (χ1n) is 5.58. The largest absolute Gasteiger partial charge is 0.465 e. The van der Waals surface area contributed by atoms with E-state index in [4.69, 9.17) is 4.74 Å². The molecule has 1 fully saturated rings. The van der Waals surface area contributed by atoms with Gasteiger partial charge in [-0.15, -0.1) is 0 Å². The summed E-state index contributed by atoms with van der Waals surface area (Å²) in [4.78, 5) is 11.6. The van der Waals surface area contributed by atoms with Gasteiger partial charge in [0.25, 0.3) is 0 Å². The van der Waals surface area contributed by atoms with Crippen LogP contribution in [0, 0.1) is 0 Å². The van der Waals surface area contributed by atoms with Crippen molar-refractivity contribution in [2.24, 2.45) is 0 Å². The van der Waals surface area contributed by atoms with E-state index in [9.17, 15) is 9.00 Å². The maximum absolute atomic E-state index is 12.2. The third-order valence-corrected chi connectivity index (χ3v) is 5.12. The van der Waals surface area contributed by atoms with Crippen molar-refractivity contribution < 1.29 is 13.7 Å². The van der Waals surface area contributed by atoms with Crippen LogP contribution in [0.25, 0.3) is 0 Å². The molecule has 1 aliphatic carbocycles. The molecule has 1 rings (SSSR count). The van der Waals surface area contributed by atoms with E-state index in [0.717, 1.165) is 25.7 Å². The summed E-state index contributed by atoms with van der Waals surface area (Å²) < 4.78 is 16.3. The number of carbonyl (C=O) groups excluding carboxylic acids is 1. The van der Waals surface area contributed by atoms with Crippen molar-refractivity contribution in [1.29, 1.82) is 0 Å². The van der Waals surface area contributed by atoms with Gasteiger partial charge < -0.3 is 4.74 Å². The fraction of sp³-hybridized carbons (Fsp3) is 0.909. The lowest BCUT2D eigenvalue weighted by Gasteiger charge is -2.24. The van der Waals surface area contributed by atoms with Crippen LogP contribution in [0.3, 0.4) is 0 Å². The van der Waals surface area contributed by atoms with Gasteiger partial charge >= 0.3 is 5.97 Å². The summed E-state index contributed by atoms with van der Waals surface area (Å²) in [6, 6.07) is 0. The van der Waals surface area contributed by atoms with Gasteiger partial charge in [0.2, 0.25) is 0 Å². The Morgan fingerprint density at radius 2 is 1.93 bits per heavy atom. The zero-order chi connectivity index (χ0) is 11.5. The molecule has 0 amide bonds. The second kappa shape index (κ2) is 5.10. The molecule has 0 bridgehead atoms. The predicted octanol–water partition coefficient (Wildman–Crippen LogP) is 2.02. The van der Waals surface area contributed by atoms with E-state index in [0.29, 0.717) is 6.61 Å². The van der Waals surface area contributed by atoms with Crippen LogP contribution in [0.1, 0.15) is 46.5 Å². The molecule has 15 heavy (non-hydrogen) atoms. The Kier molecular flexibility index (Phi) is 4.32. The van der Waals surface area contributed by atoms with E-state index in [1.807, 2.05) is 0 Å². The molecule has 0 heterocycles. The van der Waals surface area contributed by atoms with Gasteiger partial charge in [0, 0.05) is 16.0 Å². The van der Waals surface area contributed by atoms with Gasteiger partial charge in [0.05, 0.1) is 6.61 Å². The summed E-state index contributed by atoms with van der Waals surface area (Å²) in [6.07, 6.45) is 4.23. The Morgan fingerprint density at radius 3 is 2.40 bits per heavy atom. The Labute approximate surface area is 94.0 Å². The lowest BCUT2D eigenvalue weighted by molar-refractivity contribution is -0.145. The number of hydrogen-bond donors (Lipinski definition) is 0. The first-order valence-corrected chi connectivity index (χ1v) is 6.79. The van der Waals surface area contributed by atoms with E-state index < -0.39 is 15.5 Å². The van der Waals surface area contributed by atoms with Crippen molar-refractivity contribution >= 4 is 16.8 Å². The van der Waals surface area contributed by atoms with Gasteiger partial charge in [0.1, 0.15) is 4.75 Å². The number of rotatable bonds is 4. The van der Waals surface area contributed by atoms with Gasteiger partial charge in [-0.3, -0.25) is 9.00 Å². The number of carbonyl (C=O) groups is 1. The molecule has 0 aromatic carbocycles. The topological polar surface area (TPSA) is 43.4 Å². The SMILES string of the molecule is CCOC(=O)C(C)(C)S(=O)C1CCCC1. The zero-order valence-corrected chi connectivity index (χ0v) is 10.6. The van der Waals surface area contributed by atoms with E-state index in [1.165, 1.54) is 0 Å². The first kappa shape index (κ1) is 12.7. The molecule has 88 valence electrons. The highest BCUT2D eigenvalue weighted by atomic mass is 32.2. The van der Waals surface area contributed by atoms with Crippen LogP contribution >= 0.6 is 0 Å². The standard InChI is InChI=1S/C11H20O3S/c1-4-14-10(12)11(2,3)15(13)9-7-5-6-8-9/h9H,4-8H2,1-3H3. The maximum Gasteiger partial charge on any atom is 0.324 e. The van der Waals surface area contributed by atoms with Gasteiger partial charge in [-0.25, -0.2) is 0 Å². The molecule has 0 N–H and O–H groups in total. The van der Waals surface area contributed by atoms with Crippen LogP contribution in [0.15, 0.2) is 0 Å². The molecule has 0 saturated heterocycles. The van der Waals surface area contributed by atoms with Crippen LogP contribution in [0.4, 0.5) is 0 Å². The van der Waals surface area contributed by atoms with E-state index in [1.54, 1.807) is 20.8 Å². The van der Waals surface area contributed by atoms with Gasteiger partial charge in [-0.2, -0.15) is 0 Å². The average molecular weight is 232 g/mol. The highest BCUT2D eigenvalue weighted by Crippen LogP contribution is 2.29. The number of esters is 1. The molecule has 1 saturated carbocycles. The van der Waals surface area contributed by atoms with Crippen molar-refractivity contribution in [3.8, 4) is 0 Å². The summed E-state index contributed by atoms with van der Waals surface area (Å²) in [7, 11) is -1.11. The third kappa shape index (κ3) is 2.80. The molecule has 3 nitrogen and oxygen atoms in total. The lowest BCUT2D eigenvalue weighted by atomic mass is 10.2. The number of ether oxygens (including phenoxy) is 1. The fourth-order valence-electron chi connectivity index (χ4n) is 1.91. The Morgan fingerprint density at radius 1 is 1.40 bits per heavy atom. The average Bonchev–Trinajstić information content (AvgIpc) is 2.69. The van der Waals surface area contributed by atoms with Crippen molar-refractivity contribution in [2.45, 2.75) is 56.5 Å². The second-order valence-corrected chi connectivity index (χ2v) is 6.72. The minimum absolute atomic E-state index is 0.185. The van der Waals surface area contributed by atoms with Crippen molar-refractivity contribution in [2.75, 3.05) is 6.61 Å². The highest BCUT2D eigenvalue weighted by molar-refractivity contribution is 7.87. The van der Waals surface area contributed by atoms with Crippen LogP contribution < -0.4 is 0 Å².